The van der Waals surface area contributed by atoms with Gasteiger partial charge in [0.05, 0.1) is 0 Å². The Morgan fingerprint density at radius 3 is 2.32 bits per heavy atom. The van der Waals surface area contributed by atoms with Crippen LogP contribution >= 0.6 is 27.5 Å². The van der Waals surface area contributed by atoms with Crippen molar-refractivity contribution in [3.63, 3.8) is 0 Å². The molecule has 0 bridgehead atoms. The summed E-state index contributed by atoms with van der Waals surface area (Å²) in [5.41, 5.74) is 1.39. The molecule has 0 radical (unpaired) electrons. The maximum Gasteiger partial charge on any atom is 0.250 e. The first-order valence-corrected chi connectivity index (χ1v) is 9.01. The number of hydrogen-bond acceptors (Lipinski definition) is 4. The Labute approximate surface area is 160 Å². The van der Waals surface area contributed by atoms with Crippen LogP contribution in [-0.4, -0.2) is 29.2 Å². The van der Waals surface area contributed by atoms with Gasteiger partial charge in [0.1, 0.15) is 0 Å². The zero-order valence-electron chi connectivity index (χ0n) is 13.5. The van der Waals surface area contributed by atoms with Crippen LogP contribution in [0.2, 0.25) is 5.02 Å². The number of carbonyl (C=O) groups is 1. The van der Waals surface area contributed by atoms with Gasteiger partial charge in [-0.05, 0) is 36.2 Å². The zero-order chi connectivity index (χ0) is 18.3. The largest absolute Gasteiger partial charge is 0.356 e. The van der Waals surface area contributed by atoms with Crippen molar-refractivity contribution in [3.05, 3.63) is 69.2 Å². The Hall–Kier alpha value is -1.44. The monoisotopic (exact) mass is 426 g/mol. The van der Waals surface area contributed by atoms with Crippen LogP contribution < -0.4 is 10.6 Å². The number of carbonyl (C=O) groups excluding carboxylic acids is 1. The third-order valence-corrected chi connectivity index (χ3v) is 4.40. The van der Waals surface area contributed by atoms with Crippen LogP contribution in [0.15, 0.2) is 53.0 Å². The Morgan fingerprint density at radius 1 is 1.04 bits per heavy atom. The van der Waals surface area contributed by atoms with Crippen molar-refractivity contribution in [2.24, 2.45) is 0 Å². The van der Waals surface area contributed by atoms with Crippen LogP contribution in [0.1, 0.15) is 17.5 Å². The molecule has 2 aromatic carbocycles. The highest BCUT2D eigenvalue weighted by Crippen LogP contribution is 2.18. The van der Waals surface area contributed by atoms with Crippen molar-refractivity contribution in [1.82, 2.24) is 10.6 Å². The molecule has 0 spiro atoms. The highest BCUT2D eigenvalue weighted by molar-refractivity contribution is 9.10. The molecule has 0 aliphatic carbocycles. The first kappa shape index (κ1) is 19.9. The molecule has 1 amide bonds. The molecule has 25 heavy (non-hydrogen) atoms. The predicted molar refractivity (Wildman–Crippen MR) is 101 cm³/mol. The van der Waals surface area contributed by atoms with E-state index in [9.17, 15) is 15.0 Å². The molecular weight excluding hydrogens is 408 g/mol. The van der Waals surface area contributed by atoms with Gasteiger partial charge >= 0.3 is 0 Å². The maximum absolute atomic E-state index is 11.8. The molecule has 5 nitrogen and oxygen atoms in total. The van der Waals surface area contributed by atoms with E-state index in [0.29, 0.717) is 23.6 Å². The van der Waals surface area contributed by atoms with E-state index >= 15 is 0 Å². The molecular formula is C18H20BrClN2O3. The molecule has 0 aromatic heterocycles. The molecule has 2 rings (SSSR count). The molecule has 0 heterocycles. The zero-order valence-corrected chi connectivity index (χ0v) is 15.8. The van der Waals surface area contributed by atoms with E-state index in [1.165, 1.54) is 0 Å². The van der Waals surface area contributed by atoms with E-state index in [1.54, 1.807) is 24.3 Å². The van der Waals surface area contributed by atoms with Gasteiger partial charge in [-0.1, -0.05) is 51.8 Å². The minimum absolute atomic E-state index is 0.135. The van der Waals surface area contributed by atoms with Crippen molar-refractivity contribution < 1.29 is 15.0 Å². The standard InChI is InChI=1S/C18H20BrClN2O3/c19-15-5-3-14(4-6-15)18(24,25)22-12-10-17(23)21-11-9-13-1-7-16(20)8-2-13/h1-8,22,24-25H,9-12H2,(H,21,23). The summed E-state index contributed by atoms with van der Waals surface area (Å²) < 4.78 is 0.840. The molecule has 0 saturated heterocycles. The van der Waals surface area contributed by atoms with Crippen LogP contribution in [0.3, 0.4) is 0 Å². The molecule has 7 heteroatoms. The summed E-state index contributed by atoms with van der Waals surface area (Å²) in [6.07, 6.45) is 0.846. The van der Waals surface area contributed by atoms with E-state index in [4.69, 9.17) is 11.6 Å². The highest BCUT2D eigenvalue weighted by atomic mass is 79.9. The SMILES string of the molecule is O=C(CCNC(O)(O)c1ccc(Br)cc1)NCCc1ccc(Cl)cc1. The van der Waals surface area contributed by atoms with Crippen molar-refractivity contribution in [2.75, 3.05) is 13.1 Å². The quantitative estimate of drug-likeness (QED) is 0.488. The predicted octanol–water partition coefficient (Wildman–Crippen LogP) is 2.54. The number of benzene rings is 2. The van der Waals surface area contributed by atoms with Crippen LogP contribution in [-0.2, 0) is 17.1 Å². The average Bonchev–Trinajstić information content (AvgIpc) is 2.57. The van der Waals surface area contributed by atoms with Gasteiger partial charge in [-0.25, -0.2) is 0 Å². The lowest BCUT2D eigenvalue weighted by molar-refractivity contribution is -0.194. The lowest BCUT2D eigenvalue weighted by atomic mass is 10.1. The summed E-state index contributed by atoms with van der Waals surface area (Å²) >= 11 is 9.11. The number of halogens is 2. The van der Waals surface area contributed by atoms with Gasteiger partial charge in [-0.15, -0.1) is 0 Å². The Balaban J connectivity index is 1.69. The molecule has 134 valence electrons. The van der Waals surface area contributed by atoms with Crippen molar-refractivity contribution in [1.29, 1.82) is 0 Å². The normalized spacial score (nSPS) is 11.4. The number of aliphatic hydroxyl groups is 2. The van der Waals surface area contributed by atoms with Gasteiger partial charge in [0.2, 0.25) is 5.91 Å². The summed E-state index contributed by atoms with van der Waals surface area (Å²) in [5, 5.41) is 26.1. The summed E-state index contributed by atoms with van der Waals surface area (Å²) in [6.45, 7) is 0.645. The van der Waals surface area contributed by atoms with Crippen LogP contribution in [0.5, 0.6) is 0 Å². The third kappa shape index (κ3) is 6.76. The number of rotatable bonds is 8. The second-order valence-electron chi connectivity index (χ2n) is 5.58. The number of amides is 1. The molecule has 0 aliphatic heterocycles. The van der Waals surface area contributed by atoms with Crippen molar-refractivity contribution in [3.8, 4) is 0 Å². The summed E-state index contributed by atoms with van der Waals surface area (Å²) in [6, 6.07) is 14.1. The molecule has 0 fully saturated rings. The van der Waals surface area contributed by atoms with Gasteiger partial charge in [0.15, 0.2) is 0 Å². The average molecular weight is 428 g/mol. The Morgan fingerprint density at radius 2 is 1.68 bits per heavy atom. The molecule has 4 N–H and O–H groups in total. The number of hydrogen-bond donors (Lipinski definition) is 4. The molecule has 0 unspecified atom stereocenters. The van der Waals surface area contributed by atoms with Gasteiger partial charge in [-0.3, -0.25) is 10.1 Å². The molecule has 0 atom stereocenters. The van der Waals surface area contributed by atoms with Gasteiger partial charge < -0.3 is 15.5 Å². The summed E-state index contributed by atoms with van der Waals surface area (Å²) in [7, 11) is 0. The van der Waals surface area contributed by atoms with E-state index in [2.05, 4.69) is 26.6 Å². The fourth-order valence-electron chi connectivity index (χ4n) is 2.22. The smallest absolute Gasteiger partial charge is 0.250 e. The molecule has 2 aromatic rings. The lowest BCUT2D eigenvalue weighted by Gasteiger charge is -2.23. The van der Waals surface area contributed by atoms with Crippen molar-refractivity contribution >= 4 is 33.4 Å². The van der Waals surface area contributed by atoms with E-state index in [-0.39, 0.29) is 18.9 Å². The van der Waals surface area contributed by atoms with Crippen LogP contribution in [0.25, 0.3) is 0 Å². The van der Waals surface area contributed by atoms with Crippen molar-refractivity contribution in [2.45, 2.75) is 18.8 Å². The number of nitrogens with one attached hydrogen (secondary N) is 2. The first-order valence-electron chi connectivity index (χ1n) is 7.84. The highest BCUT2D eigenvalue weighted by Gasteiger charge is 2.24. The minimum Gasteiger partial charge on any atom is -0.356 e. The maximum atomic E-state index is 11.8. The summed E-state index contributed by atoms with van der Waals surface area (Å²) in [5.74, 6) is -2.34. The van der Waals surface area contributed by atoms with Gasteiger partial charge in [0, 0.05) is 34.6 Å². The molecule has 0 saturated carbocycles. The van der Waals surface area contributed by atoms with Crippen LogP contribution in [0, 0.1) is 0 Å². The van der Waals surface area contributed by atoms with E-state index in [0.717, 1.165) is 10.0 Å². The fourth-order valence-corrected chi connectivity index (χ4v) is 2.61. The lowest BCUT2D eigenvalue weighted by Crippen LogP contribution is -2.43. The van der Waals surface area contributed by atoms with Gasteiger partial charge in [0.25, 0.3) is 5.91 Å². The first-order chi connectivity index (χ1) is 11.9. The second-order valence-corrected chi connectivity index (χ2v) is 6.93. The Kier molecular flexibility index (Phi) is 7.40. The van der Waals surface area contributed by atoms with E-state index < -0.39 is 5.91 Å². The topological polar surface area (TPSA) is 81.6 Å². The third-order valence-electron chi connectivity index (χ3n) is 3.62. The van der Waals surface area contributed by atoms with Gasteiger partial charge in [-0.2, -0.15) is 0 Å². The minimum atomic E-state index is -2.18. The second kappa shape index (κ2) is 9.31. The Bertz CT molecular complexity index is 690. The fraction of sp³-hybridized carbons (Fsp3) is 0.278. The van der Waals surface area contributed by atoms with Crippen LogP contribution in [0.4, 0.5) is 0 Å². The van der Waals surface area contributed by atoms with E-state index in [1.807, 2.05) is 24.3 Å². The summed E-state index contributed by atoms with van der Waals surface area (Å²) in [4.78, 5) is 11.8. The molecule has 0 aliphatic rings.